The van der Waals surface area contributed by atoms with Gasteiger partial charge in [-0.25, -0.2) is 4.98 Å². The molecule has 3 fully saturated rings. The zero-order valence-electron chi connectivity index (χ0n) is 18.6. The number of aromatic nitrogens is 3. The van der Waals surface area contributed by atoms with Crippen molar-refractivity contribution in [2.24, 2.45) is 11.3 Å². The van der Waals surface area contributed by atoms with Gasteiger partial charge in [-0.1, -0.05) is 6.42 Å². The Kier molecular flexibility index (Phi) is 4.90. The van der Waals surface area contributed by atoms with Gasteiger partial charge in [0.05, 0.1) is 11.7 Å². The Labute approximate surface area is 188 Å². The van der Waals surface area contributed by atoms with Gasteiger partial charge in [-0.05, 0) is 68.1 Å². The smallest absolute Gasteiger partial charge is 0.254 e. The Balaban J connectivity index is 1.24. The minimum absolute atomic E-state index is 0.0200. The molecule has 168 valence electrons. The quantitative estimate of drug-likeness (QED) is 0.802. The van der Waals surface area contributed by atoms with Crippen LogP contribution in [0.5, 0.6) is 0 Å². The first kappa shape index (κ1) is 20.1. The molecular formula is C25H31N5O2. The molecule has 1 spiro atoms. The van der Waals surface area contributed by atoms with Gasteiger partial charge in [-0.3, -0.25) is 19.5 Å². The molecule has 1 saturated heterocycles. The van der Waals surface area contributed by atoms with E-state index in [1.807, 2.05) is 29.4 Å². The number of aromatic amines is 1. The molecule has 4 aliphatic rings. The number of amides is 1. The van der Waals surface area contributed by atoms with Crippen molar-refractivity contribution >= 4 is 5.91 Å². The van der Waals surface area contributed by atoms with Crippen LogP contribution in [0.25, 0.3) is 0 Å². The summed E-state index contributed by atoms with van der Waals surface area (Å²) in [5.41, 5.74) is 3.21. The second-order valence-corrected chi connectivity index (χ2v) is 10.2. The molecule has 2 aromatic rings. The van der Waals surface area contributed by atoms with E-state index in [0.717, 1.165) is 56.6 Å². The van der Waals surface area contributed by atoms with E-state index in [0.29, 0.717) is 30.1 Å². The number of piperidine rings is 1. The van der Waals surface area contributed by atoms with E-state index in [4.69, 9.17) is 4.98 Å². The van der Waals surface area contributed by atoms with Gasteiger partial charge in [0, 0.05) is 50.1 Å². The van der Waals surface area contributed by atoms with E-state index in [9.17, 15) is 9.59 Å². The molecule has 1 N–H and O–H groups in total. The van der Waals surface area contributed by atoms with E-state index in [-0.39, 0.29) is 17.5 Å². The molecule has 0 bridgehead atoms. The first-order chi connectivity index (χ1) is 15.6. The molecular weight excluding hydrogens is 402 g/mol. The number of pyridine rings is 1. The molecule has 0 radical (unpaired) electrons. The van der Waals surface area contributed by atoms with Crippen LogP contribution in [0.4, 0.5) is 0 Å². The summed E-state index contributed by atoms with van der Waals surface area (Å²) in [6.07, 6.45) is 12.1. The number of fused-ring (bicyclic) bond motifs is 1. The molecule has 1 amide bonds. The second kappa shape index (κ2) is 7.80. The summed E-state index contributed by atoms with van der Waals surface area (Å²) in [4.78, 5) is 42.8. The zero-order chi connectivity index (χ0) is 21.7. The Morgan fingerprint density at radius 3 is 2.75 bits per heavy atom. The molecule has 6 rings (SSSR count). The number of nitrogens with one attached hydrogen (secondary N) is 1. The SMILES string of the molecule is O=C([C@H]1CC12CCC2)N1CCCC[C@H]1c1nc2c(c(=O)[nH]1)CCN(Cc1ccncc1)C2. The number of likely N-dealkylation sites (tertiary alicyclic amines) is 1. The number of carbonyl (C=O) groups excluding carboxylic acids is 1. The summed E-state index contributed by atoms with van der Waals surface area (Å²) in [6, 6.07) is 3.97. The Morgan fingerprint density at radius 2 is 2.00 bits per heavy atom. The third-order valence-corrected chi connectivity index (χ3v) is 8.27. The van der Waals surface area contributed by atoms with Crippen molar-refractivity contribution in [3.8, 4) is 0 Å². The van der Waals surface area contributed by atoms with Crippen molar-refractivity contribution in [2.75, 3.05) is 13.1 Å². The molecule has 4 heterocycles. The molecule has 2 atom stereocenters. The first-order valence-electron chi connectivity index (χ1n) is 12.2. The Hall–Kier alpha value is -2.54. The largest absolute Gasteiger partial charge is 0.332 e. The minimum atomic E-state index is -0.0949. The van der Waals surface area contributed by atoms with Crippen molar-refractivity contribution < 1.29 is 4.79 Å². The molecule has 32 heavy (non-hydrogen) atoms. The van der Waals surface area contributed by atoms with Gasteiger partial charge in [-0.2, -0.15) is 0 Å². The lowest BCUT2D eigenvalue weighted by molar-refractivity contribution is -0.138. The van der Waals surface area contributed by atoms with Crippen LogP contribution in [0.15, 0.2) is 29.3 Å². The molecule has 7 heteroatoms. The van der Waals surface area contributed by atoms with Crippen LogP contribution in [-0.4, -0.2) is 43.7 Å². The van der Waals surface area contributed by atoms with Crippen molar-refractivity contribution in [3.05, 3.63) is 57.5 Å². The summed E-state index contributed by atoms with van der Waals surface area (Å²) in [5.74, 6) is 1.20. The van der Waals surface area contributed by atoms with Gasteiger partial charge >= 0.3 is 0 Å². The third-order valence-electron chi connectivity index (χ3n) is 8.27. The van der Waals surface area contributed by atoms with Gasteiger partial charge in [-0.15, -0.1) is 0 Å². The highest BCUT2D eigenvalue weighted by molar-refractivity contribution is 5.83. The fraction of sp³-hybridized carbons (Fsp3) is 0.600. The van der Waals surface area contributed by atoms with Gasteiger partial charge in [0.1, 0.15) is 5.82 Å². The summed E-state index contributed by atoms with van der Waals surface area (Å²) in [6.45, 7) is 3.12. The van der Waals surface area contributed by atoms with E-state index >= 15 is 0 Å². The molecule has 0 aromatic carbocycles. The Morgan fingerprint density at radius 1 is 1.16 bits per heavy atom. The maximum absolute atomic E-state index is 13.4. The van der Waals surface area contributed by atoms with E-state index in [1.54, 1.807) is 0 Å². The maximum atomic E-state index is 13.4. The number of hydrogen-bond donors (Lipinski definition) is 1. The first-order valence-corrected chi connectivity index (χ1v) is 12.2. The number of nitrogens with zero attached hydrogens (tertiary/aromatic N) is 4. The van der Waals surface area contributed by atoms with Crippen molar-refractivity contribution in [1.82, 2.24) is 24.8 Å². The highest BCUT2D eigenvalue weighted by Gasteiger charge is 2.62. The summed E-state index contributed by atoms with van der Waals surface area (Å²) < 4.78 is 0. The highest BCUT2D eigenvalue weighted by Crippen LogP contribution is 2.66. The van der Waals surface area contributed by atoms with Gasteiger partial charge in [0.15, 0.2) is 0 Å². The maximum Gasteiger partial charge on any atom is 0.254 e. The van der Waals surface area contributed by atoms with Crippen LogP contribution >= 0.6 is 0 Å². The van der Waals surface area contributed by atoms with Crippen molar-refractivity contribution in [2.45, 2.75) is 70.5 Å². The van der Waals surface area contributed by atoms with Crippen LogP contribution in [0.2, 0.25) is 0 Å². The lowest BCUT2D eigenvalue weighted by Crippen LogP contribution is -2.43. The lowest BCUT2D eigenvalue weighted by Gasteiger charge is -2.37. The topological polar surface area (TPSA) is 82.2 Å². The van der Waals surface area contributed by atoms with Crippen LogP contribution in [-0.2, 0) is 24.3 Å². The van der Waals surface area contributed by atoms with E-state index in [1.165, 1.54) is 24.8 Å². The molecule has 7 nitrogen and oxygen atoms in total. The van der Waals surface area contributed by atoms with E-state index in [2.05, 4.69) is 14.9 Å². The van der Waals surface area contributed by atoms with Crippen LogP contribution in [0, 0.1) is 11.3 Å². The summed E-state index contributed by atoms with van der Waals surface area (Å²) in [7, 11) is 0. The van der Waals surface area contributed by atoms with E-state index < -0.39 is 0 Å². The summed E-state index contributed by atoms with van der Waals surface area (Å²) in [5, 5.41) is 0. The normalized spacial score (nSPS) is 26.4. The lowest BCUT2D eigenvalue weighted by atomic mass is 9.79. The standard InChI is InChI=1S/C25H31N5O2/c31-23-18-7-13-29(15-17-5-10-26-11-6-17)16-20(18)27-22(28-23)21-4-1-2-12-30(21)24(32)19-14-25(19)8-3-9-25/h5-6,10-11,19,21H,1-4,7-9,12-16H2,(H,27,28,31)/t19-,21+/m1/s1. The van der Waals surface area contributed by atoms with Crippen molar-refractivity contribution in [3.63, 3.8) is 0 Å². The number of carbonyl (C=O) groups is 1. The predicted octanol–water partition coefficient (Wildman–Crippen LogP) is 2.97. The fourth-order valence-corrected chi connectivity index (χ4v) is 6.11. The Bertz CT molecular complexity index is 1080. The number of H-pyrrole nitrogens is 1. The second-order valence-electron chi connectivity index (χ2n) is 10.2. The molecule has 2 saturated carbocycles. The zero-order valence-corrected chi connectivity index (χ0v) is 18.6. The average Bonchev–Trinajstić information content (AvgIpc) is 3.56. The number of rotatable bonds is 4. The number of hydrogen-bond acceptors (Lipinski definition) is 5. The minimum Gasteiger partial charge on any atom is -0.332 e. The molecule has 2 aliphatic heterocycles. The highest BCUT2D eigenvalue weighted by atomic mass is 16.2. The fourth-order valence-electron chi connectivity index (χ4n) is 6.11. The van der Waals surface area contributed by atoms with Crippen LogP contribution < -0.4 is 5.56 Å². The predicted molar refractivity (Wildman–Crippen MR) is 120 cm³/mol. The van der Waals surface area contributed by atoms with Gasteiger partial charge in [0.2, 0.25) is 5.91 Å². The average molecular weight is 434 g/mol. The monoisotopic (exact) mass is 433 g/mol. The van der Waals surface area contributed by atoms with Crippen LogP contribution in [0.1, 0.15) is 73.6 Å². The van der Waals surface area contributed by atoms with Crippen LogP contribution in [0.3, 0.4) is 0 Å². The van der Waals surface area contributed by atoms with Gasteiger partial charge in [0.25, 0.3) is 5.56 Å². The van der Waals surface area contributed by atoms with Crippen molar-refractivity contribution in [1.29, 1.82) is 0 Å². The summed E-state index contributed by atoms with van der Waals surface area (Å²) >= 11 is 0. The molecule has 2 aliphatic carbocycles. The third kappa shape index (κ3) is 3.47. The molecule has 0 unspecified atom stereocenters. The molecule has 2 aromatic heterocycles. The van der Waals surface area contributed by atoms with Gasteiger partial charge < -0.3 is 9.88 Å².